The topological polar surface area (TPSA) is 46.3 Å². The molecule has 0 aromatic heterocycles. The third-order valence-corrected chi connectivity index (χ3v) is 3.85. The summed E-state index contributed by atoms with van der Waals surface area (Å²) in [6, 6.07) is -0.275. The number of rotatable bonds is 2. The van der Waals surface area contributed by atoms with E-state index < -0.39 is 0 Å². The van der Waals surface area contributed by atoms with Gasteiger partial charge in [-0.15, -0.1) is 12.4 Å². The average Bonchev–Trinajstić information content (AvgIpc) is 2.97. The summed E-state index contributed by atoms with van der Waals surface area (Å²) in [5.74, 6) is 0.156. The van der Waals surface area contributed by atoms with Crippen LogP contribution < -0.4 is 5.73 Å². The van der Waals surface area contributed by atoms with E-state index in [1.807, 2.05) is 11.8 Å². The van der Waals surface area contributed by atoms with Crippen LogP contribution in [0.15, 0.2) is 0 Å². The van der Waals surface area contributed by atoms with Crippen molar-refractivity contribution in [2.75, 3.05) is 13.1 Å². The number of nitrogens with two attached hydrogens (primary N) is 1. The van der Waals surface area contributed by atoms with Gasteiger partial charge in [0.2, 0.25) is 5.91 Å². The fraction of sp³-hybridized carbons (Fsp3) is 0.909. The second-order valence-electron chi connectivity index (χ2n) is 4.84. The van der Waals surface area contributed by atoms with E-state index in [1.165, 1.54) is 25.7 Å². The zero-order valence-corrected chi connectivity index (χ0v) is 10.2. The van der Waals surface area contributed by atoms with Gasteiger partial charge in [0.25, 0.3) is 0 Å². The molecule has 1 spiro atoms. The third kappa shape index (κ3) is 2.64. The molecule has 2 N–H and O–H groups in total. The Morgan fingerprint density at radius 3 is 2.27 bits per heavy atom. The van der Waals surface area contributed by atoms with Crippen molar-refractivity contribution in [2.24, 2.45) is 11.1 Å². The van der Waals surface area contributed by atoms with E-state index in [9.17, 15) is 4.79 Å². The number of piperidine rings is 1. The minimum absolute atomic E-state index is 0. The van der Waals surface area contributed by atoms with Gasteiger partial charge in [0, 0.05) is 13.1 Å². The summed E-state index contributed by atoms with van der Waals surface area (Å²) in [5, 5.41) is 0. The highest BCUT2D eigenvalue weighted by Gasteiger charge is 2.45. The molecule has 15 heavy (non-hydrogen) atoms. The molecular weight excluding hydrogens is 212 g/mol. The summed E-state index contributed by atoms with van der Waals surface area (Å²) < 4.78 is 0. The van der Waals surface area contributed by atoms with Crippen molar-refractivity contribution in [3.05, 3.63) is 0 Å². The Bertz CT molecular complexity index is 231. The van der Waals surface area contributed by atoms with Gasteiger partial charge in [-0.1, -0.05) is 6.92 Å². The van der Waals surface area contributed by atoms with Crippen molar-refractivity contribution in [1.82, 2.24) is 4.90 Å². The van der Waals surface area contributed by atoms with E-state index in [2.05, 4.69) is 0 Å². The van der Waals surface area contributed by atoms with Gasteiger partial charge in [-0.25, -0.2) is 0 Å². The van der Waals surface area contributed by atoms with Gasteiger partial charge < -0.3 is 10.6 Å². The number of nitrogens with zero attached hydrogens (tertiary/aromatic N) is 1. The zero-order valence-electron chi connectivity index (χ0n) is 9.37. The van der Waals surface area contributed by atoms with Crippen LogP contribution in [-0.2, 0) is 4.79 Å². The minimum Gasteiger partial charge on any atom is -0.341 e. The van der Waals surface area contributed by atoms with Crippen LogP contribution in [0.5, 0.6) is 0 Å². The Morgan fingerprint density at radius 2 is 1.87 bits per heavy atom. The maximum absolute atomic E-state index is 11.8. The van der Waals surface area contributed by atoms with Gasteiger partial charge in [-0.3, -0.25) is 4.79 Å². The molecule has 88 valence electrons. The number of carbonyl (C=O) groups excluding carboxylic acids is 1. The van der Waals surface area contributed by atoms with Crippen LogP contribution in [0.3, 0.4) is 0 Å². The predicted octanol–water partition coefficient (Wildman–Crippen LogP) is 1.55. The molecule has 0 aromatic carbocycles. The molecule has 0 radical (unpaired) electrons. The second-order valence-corrected chi connectivity index (χ2v) is 4.84. The lowest BCUT2D eigenvalue weighted by atomic mass is 9.93. The highest BCUT2D eigenvalue weighted by molar-refractivity contribution is 5.85. The number of hydrogen-bond acceptors (Lipinski definition) is 2. The maximum Gasteiger partial charge on any atom is 0.239 e. The maximum atomic E-state index is 11.8. The molecule has 2 aliphatic rings. The number of amides is 1. The third-order valence-electron chi connectivity index (χ3n) is 3.85. The van der Waals surface area contributed by atoms with Crippen LogP contribution >= 0.6 is 12.4 Å². The van der Waals surface area contributed by atoms with Crippen LogP contribution in [0.1, 0.15) is 39.0 Å². The molecule has 1 heterocycles. The number of carbonyl (C=O) groups is 1. The van der Waals surface area contributed by atoms with Crippen LogP contribution in [0.25, 0.3) is 0 Å². The summed E-state index contributed by atoms with van der Waals surface area (Å²) >= 11 is 0. The van der Waals surface area contributed by atoms with Gasteiger partial charge in [0.05, 0.1) is 6.04 Å². The van der Waals surface area contributed by atoms with Crippen molar-refractivity contribution < 1.29 is 4.79 Å². The summed E-state index contributed by atoms with van der Waals surface area (Å²) in [6.45, 7) is 3.84. The Balaban J connectivity index is 0.00000112. The predicted molar refractivity (Wildman–Crippen MR) is 63.0 cm³/mol. The lowest BCUT2D eigenvalue weighted by Crippen LogP contribution is -2.47. The monoisotopic (exact) mass is 232 g/mol. The summed E-state index contributed by atoms with van der Waals surface area (Å²) in [4.78, 5) is 13.7. The Morgan fingerprint density at radius 1 is 1.33 bits per heavy atom. The van der Waals surface area contributed by atoms with Crippen LogP contribution in [-0.4, -0.2) is 29.9 Å². The van der Waals surface area contributed by atoms with E-state index in [0.29, 0.717) is 5.41 Å². The van der Waals surface area contributed by atoms with Crippen LogP contribution in [0.2, 0.25) is 0 Å². The van der Waals surface area contributed by atoms with Crippen molar-refractivity contribution in [3.8, 4) is 0 Å². The molecule has 1 aliphatic heterocycles. The first-order chi connectivity index (χ1) is 6.67. The number of halogens is 1. The lowest BCUT2D eigenvalue weighted by Gasteiger charge is -2.33. The Labute approximate surface area is 97.8 Å². The molecule has 1 amide bonds. The number of likely N-dealkylation sites (tertiary alicyclic amines) is 1. The normalized spacial score (nSPS) is 24.5. The molecule has 0 aromatic rings. The Hall–Kier alpha value is -0.280. The Kier molecular flexibility index (Phi) is 4.01. The molecular formula is C11H21ClN2O. The lowest BCUT2D eigenvalue weighted by molar-refractivity contribution is -0.134. The van der Waals surface area contributed by atoms with Gasteiger partial charge in [0.15, 0.2) is 0 Å². The second kappa shape index (κ2) is 4.71. The smallest absolute Gasteiger partial charge is 0.239 e. The van der Waals surface area contributed by atoms with Gasteiger partial charge >= 0.3 is 0 Å². The first kappa shape index (κ1) is 12.8. The van der Waals surface area contributed by atoms with E-state index in [4.69, 9.17) is 5.73 Å². The van der Waals surface area contributed by atoms with Gasteiger partial charge in [-0.05, 0) is 37.5 Å². The molecule has 1 aliphatic carbocycles. The fourth-order valence-electron chi connectivity index (χ4n) is 2.29. The SMILES string of the molecule is CCC(N)C(=O)N1CCC2(CC1)CC2.Cl. The molecule has 2 rings (SSSR count). The van der Waals surface area contributed by atoms with E-state index in [0.717, 1.165) is 19.5 Å². The fourth-order valence-corrected chi connectivity index (χ4v) is 2.29. The highest BCUT2D eigenvalue weighted by Crippen LogP contribution is 2.53. The number of hydrogen-bond donors (Lipinski definition) is 1. The summed E-state index contributed by atoms with van der Waals surface area (Å²) in [6.07, 6.45) is 5.93. The summed E-state index contributed by atoms with van der Waals surface area (Å²) in [5.41, 5.74) is 6.39. The average molecular weight is 233 g/mol. The molecule has 1 saturated heterocycles. The van der Waals surface area contributed by atoms with Crippen LogP contribution in [0, 0.1) is 5.41 Å². The van der Waals surface area contributed by atoms with Gasteiger partial charge in [-0.2, -0.15) is 0 Å². The molecule has 1 saturated carbocycles. The molecule has 4 heteroatoms. The minimum atomic E-state index is -0.275. The van der Waals surface area contributed by atoms with Crippen molar-refractivity contribution in [3.63, 3.8) is 0 Å². The van der Waals surface area contributed by atoms with E-state index >= 15 is 0 Å². The van der Waals surface area contributed by atoms with E-state index in [-0.39, 0.29) is 24.4 Å². The summed E-state index contributed by atoms with van der Waals surface area (Å²) in [7, 11) is 0. The largest absolute Gasteiger partial charge is 0.341 e. The first-order valence-electron chi connectivity index (χ1n) is 5.71. The van der Waals surface area contributed by atoms with Crippen LogP contribution in [0.4, 0.5) is 0 Å². The van der Waals surface area contributed by atoms with E-state index in [1.54, 1.807) is 0 Å². The van der Waals surface area contributed by atoms with Crippen molar-refractivity contribution in [2.45, 2.75) is 45.1 Å². The molecule has 1 atom stereocenters. The zero-order chi connectivity index (χ0) is 10.2. The standard InChI is InChI=1S/C11H20N2O.ClH/c1-2-9(12)10(14)13-7-5-11(3-4-11)6-8-13;/h9H,2-8,12H2,1H3;1H. The first-order valence-corrected chi connectivity index (χ1v) is 5.71. The molecule has 1 unspecified atom stereocenters. The quantitative estimate of drug-likeness (QED) is 0.785. The van der Waals surface area contributed by atoms with Gasteiger partial charge in [0.1, 0.15) is 0 Å². The van der Waals surface area contributed by atoms with Crippen molar-refractivity contribution in [1.29, 1.82) is 0 Å². The highest BCUT2D eigenvalue weighted by atomic mass is 35.5. The molecule has 2 fully saturated rings. The molecule has 3 nitrogen and oxygen atoms in total. The molecule has 0 bridgehead atoms. The van der Waals surface area contributed by atoms with Crippen molar-refractivity contribution >= 4 is 18.3 Å².